The van der Waals surface area contributed by atoms with Crippen molar-refractivity contribution in [1.29, 1.82) is 0 Å². The van der Waals surface area contributed by atoms with Gasteiger partial charge >= 0.3 is 0 Å². The Balaban J connectivity index is 1.89. The van der Waals surface area contributed by atoms with Crippen molar-refractivity contribution < 1.29 is 4.79 Å². The van der Waals surface area contributed by atoms with E-state index in [4.69, 9.17) is 0 Å². The summed E-state index contributed by atoms with van der Waals surface area (Å²) in [7, 11) is 1.72. The Morgan fingerprint density at radius 2 is 2.33 bits per heavy atom. The number of aryl methyl sites for hydroxylation is 1. The topological polar surface area (TPSA) is 81.8 Å². The molecule has 1 saturated carbocycles. The van der Waals surface area contributed by atoms with Crippen LogP contribution in [0.5, 0.6) is 0 Å². The normalized spacial score (nSPS) is 14.9. The van der Waals surface area contributed by atoms with Crippen molar-refractivity contribution >= 4 is 16.9 Å². The number of amides is 1. The van der Waals surface area contributed by atoms with Gasteiger partial charge in [0.1, 0.15) is 18.3 Å². The van der Waals surface area contributed by atoms with Gasteiger partial charge in [0.2, 0.25) is 5.91 Å². The van der Waals surface area contributed by atoms with Gasteiger partial charge in [0.15, 0.2) is 5.65 Å². The number of aromatic nitrogens is 4. The summed E-state index contributed by atoms with van der Waals surface area (Å²) in [6.45, 7) is 0.00711. The van der Waals surface area contributed by atoms with Crippen LogP contribution in [0.4, 0.5) is 0 Å². The van der Waals surface area contributed by atoms with Crippen LogP contribution in [0, 0.1) is 0 Å². The van der Waals surface area contributed by atoms with Crippen LogP contribution in [0.25, 0.3) is 11.0 Å². The minimum Gasteiger partial charge on any atom is -0.352 e. The number of nitrogens with one attached hydrogen (secondary N) is 1. The van der Waals surface area contributed by atoms with E-state index in [0.29, 0.717) is 17.1 Å². The highest BCUT2D eigenvalue weighted by Crippen LogP contribution is 2.18. The number of hydrogen-bond acceptors (Lipinski definition) is 4. The molecule has 0 aliphatic heterocycles. The van der Waals surface area contributed by atoms with Gasteiger partial charge < -0.3 is 5.32 Å². The van der Waals surface area contributed by atoms with Crippen LogP contribution in [0.2, 0.25) is 0 Å². The highest BCUT2D eigenvalue weighted by Gasteiger charge is 2.23. The van der Waals surface area contributed by atoms with Crippen molar-refractivity contribution in [1.82, 2.24) is 24.6 Å². The first-order chi connectivity index (χ1) is 8.65. The average Bonchev–Trinajstić information content (AvgIpc) is 3.05. The molecule has 1 amide bonds. The van der Waals surface area contributed by atoms with Crippen molar-refractivity contribution in [2.45, 2.75) is 25.4 Å². The average molecular weight is 247 g/mol. The zero-order valence-electron chi connectivity index (χ0n) is 9.96. The monoisotopic (exact) mass is 247 g/mol. The van der Waals surface area contributed by atoms with Crippen LogP contribution in [0.3, 0.4) is 0 Å². The lowest BCUT2D eigenvalue weighted by atomic mass is 10.4. The molecule has 1 aliphatic rings. The Labute approximate surface area is 102 Å². The maximum absolute atomic E-state index is 12.1. The molecule has 3 rings (SSSR count). The van der Waals surface area contributed by atoms with E-state index in [-0.39, 0.29) is 18.0 Å². The molecule has 2 aromatic heterocycles. The molecule has 0 unspecified atom stereocenters. The van der Waals surface area contributed by atoms with Crippen LogP contribution < -0.4 is 10.9 Å². The summed E-state index contributed by atoms with van der Waals surface area (Å²) in [6, 6.07) is 0.295. The number of hydrogen-bond donors (Lipinski definition) is 1. The fraction of sp³-hybridized carbons (Fsp3) is 0.455. The number of rotatable bonds is 3. The van der Waals surface area contributed by atoms with E-state index in [2.05, 4.69) is 15.4 Å². The summed E-state index contributed by atoms with van der Waals surface area (Å²) >= 11 is 0. The van der Waals surface area contributed by atoms with Crippen molar-refractivity contribution in [2.24, 2.45) is 7.05 Å². The lowest BCUT2D eigenvalue weighted by Crippen LogP contribution is -2.33. The van der Waals surface area contributed by atoms with E-state index < -0.39 is 0 Å². The van der Waals surface area contributed by atoms with Crippen molar-refractivity contribution in [2.75, 3.05) is 0 Å². The molecule has 0 saturated heterocycles. The van der Waals surface area contributed by atoms with Gasteiger partial charge in [-0.2, -0.15) is 5.10 Å². The SMILES string of the molecule is Cn1ncc2c(=O)n(CC(=O)NC3CC3)cnc21. The van der Waals surface area contributed by atoms with E-state index in [9.17, 15) is 9.59 Å². The molecule has 2 heterocycles. The molecule has 1 fully saturated rings. The second kappa shape index (κ2) is 3.94. The van der Waals surface area contributed by atoms with Crippen LogP contribution in [-0.2, 0) is 18.4 Å². The predicted octanol–water partition coefficient (Wildman–Crippen LogP) is -0.591. The summed E-state index contributed by atoms with van der Waals surface area (Å²) in [5, 5.41) is 7.24. The maximum Gasteiger partial charge on any atom is 0.264 e. The smallest absolute Gasteiger partial charge is 0.264 e. The Kier molecular flexibility index (Phi) is 2.39. The van der Waals surface area contributed by atoms with Gasteiger partial charge in [0.05, 0.1) is 6.20 Å². The third-order valence-electron chi connectivity index (χ3n) is 2.97. The fourth-order valence-corrected chi connectivity index (χ4v) is 1.83. The molecular formula is C11H13N5O2. The fourth-order valence-electron chi connectivity index (χ4n) is 1.83. The van der Waals surface area contributed by atoms with Crippen LogP contribution in [-0.4, -0.2) is 31.3 Å². The van der Waals surface area contributed by atoms with Gasteiger partial charge in [0.25, 0.3) is 5.56 Å². The van der Waals surface area contributed by atoms with Gasteiger partial charge in [0, 0.05) is 13.1 Å². The molecule has 7 nitrogen and oxygen atoms in total. The van der Waals surface area contributed by atoms with Crippen molar-refractivity contribution in [3.63, 3.8) is 0 Å². The first-order valence-corrected chi connectivity index (χ1v) is 5.81. The summed E-state index contributed by atoms with van der Waals surface area (Å²) in [4.78, 5) is 27.8. The van der Waals surface area contributed by atoms with Gasteiger partial charge in [-0.25, -0.2) is 4.98 Å². The predicted molar refractivity (Wildman–Crippen MR) is 63.9 cm³/mol. The Hall–Kier alpha value is -2.18. The molecule has 0 bridgehead atoms. The third-order valence-corrected chi connectivity index (χ3v) is 2.97. The molecule has 7 heteroatoms. The van der Waals surface area contributed by atoms with Gasteiger partial charge in [-0.1, -0.05) is 0 Å². The van der Waals surface area contributed by atoms with E-state index in [1.165, 1.54) is 21.8 Å². The second-order valence-electron chi connectivity index (χ2n) is 4.52. The molecule has 0 spiro atoms. The van der Waals surface area contributed by atoms with Gasteiger partial charge in [-0.3, -0.25) is 18.8 Å². The largest absolute Gasteiger partial charge is 0.352 e. The van der Waals surface area contributed by atoms with Crippen molar-refractivity contribution in [3.8, 4) is 0 Å². The Bertz CT molecular complexity index is 668. The molecule has 0 atom stereocenters. The summed E-state index contributed by atoms with van der Waals surface area (Å²) < 4.78 is 2.84. The summed E-state index contributed by atoms with van der Waals surface area (Å²) in [5.41, 5.74) is 0.290. The number of carbonyl (C=O) groups excluding carboxylic acids is 1. The first kappa shape index (κ1) is 10.9. The van der Waals surface area contributed by atoms with E-state index in [0.717, 1.165) is 12.8 Å². The van der Waals surface area contributed by atoms with Gasteiger partial charge in [-0.15, -0.1) is 0 Å². The van der Waals surface area contributed by atoms with Gasteiger partial charge in [-0.05, 0) is 12.8 Å². The van der Waals surface area contributed by atoms with Crippen LogP contribution in [0.15, 0.2) is 17.3 Å². The minimum absolute atomic E-state index is 0.00711. The number of fused-ring (bicyclic) bond motifs is 1. The molecule has 0 radical (unpaired) electrons. The van der Waals surface area contributed by atoms with E-state index >= 15 is 0 Å². The summed E-state index contributed by atoms with van der Waals surface area (Å²) in [5.74, 6) is -0.148. The van der Waals surface area contributed by atoms with Crippen molar-refractivity contribution in [3.05, 3.63) is 22.9 Å². The molecule has 0 aromatic carbocycles. The second-order valence-corrected chi connectivity index (χ2v) is 4.52. The number of nitrogens with zero attached hydrogens (tertiary/aromatic N) is 4. The Morgan fingerprint density at radius 3 is 3.06 bits per heavy atom. The molecular weight excluding hydrogens is 234 g/mol. The molecule has 2 aromatic rings. The number of carbonyl (C=O) groups is 1. The van der Waals surface area contributed by atoms with E-state index in [1.54, 1.807) is 7.05 Å². The Morgan fingerprint density at radius 1 is 1.56 bits per heavy atom. The quantitative estimate of drug-likeness (QED) is 0.786. The highest BCUT2D eigenvalue weighted by atomic mass is 16.2. The lowest BCUT2D eigenvalue weighted by molar-refractivity contribution is -0.121. The third kappa shape index (κ3) is 1.87. The first-order valence-electron chi connectivity index (χ1n) is 5.81. The maximum atomic E-state index is 12.1. The minimum atomic E-state index is -0.237. The standard InChI is InChI=1S/C11H13N5O2/c1-15-10-8(4-13-15)11(18)16(6-12-10)5-9(17)14-7-2-3-7/h4,6-7H,2-3,5H2,1H3,(H,14,17). The van der Waals surface area contributed by atoms with E-state index in [1.807, 2.05) is 0 Å². The highest BCUT2D eigenvalue weighted by molar-refractivity contribution is 5.77. The lowest BCUT2D eigenvalue weighted by Gasteiger charge is -2.05. The molecule has 18 heavy (non-hydrogen) atoms. The molecule has 94 valence electrons. The van der Waals surface area contributed by atoms with Crippen LogP contribution in [0.1, 0.15) is 12.8 Å². The summed E-state index contributed by atoms with van der Waals surface area (Å²) in [6.07, 6.45) is 4.92. The molecule has 1 N–H and O–H groups in total. The zero-order chi connectivity index (χ0) is 12.7. The zero-order valence-corrected chi connectivity index (χ0v) is 9.96. The molecule has 1 aliphatic carbocycles. The van der Waals surface area contributed by atoms with Crippen LogP contribution >= 0.6 is 0 Å².